The number of nitro benzene ring substituents is 1. The van der Waals surface area contributed by atoms with E-state index in [1.54, 1.807) is 12.1 Å². The fraction of sp³-hybridized carbons (Fsp3) is 0.455. The third-order valence-electron chi connectivity index (χ3n) is 2.13. The first-order valence-corrected chi connectivity index (χ1v) is 5.36. The van der Waals surface area contributed by atoms with Crippen LogP contribution in [0.1, 0.15) is 19.4 Å². The summed E-state index contributed by atoms with van der Waals surface area (Å²) in [5.41, 5.74) is 3.31. The molecule has 6 nitrogen and oxygen atoms in total. The van der Waals surface area contributed by atoms with E-state index in [4.69, 9.17) is 10.6 Å². The molecule has 1 aromatic carbocycles. The molecule has 0 fully saturated rings. The molecule has 0 aliphatic heterocycles. The van der Waals surface area contributed by atoms with Gasteiger partial charge >= 0.3 is 0 Å². The van der Waals surface area contributed by atoms with Crippen LogP contribution >= 0.6 is 0 Å². The van der Waals surface area contributed by atoms with Crippen molar-refractivity contribution in [2.45, 2.75) is 20.5 Å². The number of hydrogen-bond acceptors (Lipinski definition) is 5. The summed E-state index contributed by atoms with van der Waals surface area (Å²) in [6.07, 6.45) is 0. The van der Waals surface area contributed by atoms with E-state index in [1.165, 1.54) is 6.07 Å². The molecular formula is C11H17N3O3. The van der Waals surface area contributed by atoms with E-state index >= 15 is 0 Å². The second-order valence-electron chi connectivity index (χ2n) is 4.16. The molecule has 0 heterocycles. The molecule has 0 spiro atoms. The summed E-state index contributed by atoms with van der Waals surface area (Å²) in [7, 11) is 0. The Hall–Kier alpha value is -1.66. The van der Waals surface area contributed by atoms with E-state index in [1.807, 2.05) is 13.8 Å². The highest BCUT2D eigenvalue weighted by atomic mass is 16.6. The van der Waals surface area contributed by atoms with Crippen molar-refractivity contribution in [3.8, 4) is 0 Å². The van der Waals surface area contributed by atoms with Gasteiger partial charge in [0.25, 0.3) is 5.69 Å². The van der Waals surface area contributed by atoms with Crippen LogP contribution in [0.3, 0.4) is 0 Å². The van der Waals surface area contributed by atoms with Crippen LogP contribution in [0.4, 0.5) is 11.4 Å². The van der Waals surface area contributed by atoms with Gasteiger partial charge in [0, 0.05) is 12.7 Å². The third-order valence-corrected chi connectivity index (χ3v) is 2.13. The van der Waals surface area contributed by atoms with E-state index in [0.717, 1.165) is 5.56 Å². The number of ether oxygens (including phenoxy) is 1. The molecule has 1 rings (SSSR count). The molecule has 0 radical (unpaired) electrons. The lowest BCUT2D eigenvalue weighted by atomic mass is 10.2. The monoisotopic (exact) mass is 239 g/mol. The Bertz CT molecular complexity index is 394. The highest BCUT2D eigenvalue weighted by Crippen LogP contribution is 2.24. The molecule has 94 valence electrons. The van der Waals surface area contributed by atoms with Gasteiger partial charge in [-0.05, 0) is 17.5 Å². The molecule has 0 aromatic heterocycles. The number of nitro groups is 1. The molecule has 6 heteroatoms. The zero-order valence-corrected chi connectivity index (χ0v) is 9.97. The second kappa shape index (κ2) is 6.17. The summed E-state index contributed by atoms with van der Waals surface area (Å²) in [4.78, 5) is 10.3. The van der Waals surface area contributed by atoms with Crippen molar-refractivity contribution in [2.24, 2.45) is 11.8 Å². The summed E-state index contributed by atoms with van der Waals surface area (Å²) in [6, 6.07) is 4.80. The Morgan fingerprint density at radius 3 is 2.76 bits per heavy atom. The fourth-order valence-corrected chi connectivity index (χ4v) is 1.35. The average molecular weight is 239 g/mol. The SMILES string of the molecule is CC(C)COCc1ccc(NN)c([N+](=O)[O-])c1. The van der Waals surface area contributed by atoms with E-state index < -0.39 is 4.92 Å². The van der Waals surface area contributed by atoms with Gasteiger partial charge in [-0.3, -0.25) is 16.0 Å². The molecule has 1 aromatic rings. The fourth-order valence-electron chi connectivity index (χ4n) is 1.35. The minimum Gasteiger partial charge on any atom is -0.377 e. The quantitative estimate of drug-likeness (QED) is 0.450. The minimum atomic E-state index is -0.471. The average Bonchev–Trinajstić information content (AvgIpc) is 2.28. The van der Waals surface area contributed by atoms with Gasteiger partial charge in [0.2, 0.25) is 0 Å². The van der Waals surface area contributed by atoms with Crippen molar-refractivity contribution >= 4 is 11.4 Å². The number of rotatable bonds is 6. The van der Waals surface area contributed by atoms with Crippen LogP contribution in [0.2, 0.25) is 0 Å². The minimum absolute atomic E-state index is 0.0434. The third kappa shape index (κ3) is 4.01. The topological polar surface area (TPSA) is 90.4 Å². The Kier molecular flexibility index (Phi) is 4.86. The van der Waals surface area contributed by atoms with Crippen LogP contribution in [0, 0.1) is 16.0 Å². The van der Waals surface area contributed by atoms with E-state index in [-0.39, 0.29) is 5.69 Å². The summed E-state index contributed by atoms with van der Waals surface area (Å²) in [5.74, 6) is 5.63. The van der Waals surface area contributed by atoms with E-state index in [2.05, 4.69) is 5.43 Å². The first kappa shape index (κ1) is 13.4. The van der Waals surface area contributed by atoms with Crippen LogP contribution in [0.5, 0.6) is 0 Å². The van der Waals surface area contributed by atoms with Crippen LogP contribution in [-0.4, -0.2) is 11.5 Å². The second-order valence-corrected chi connectivity index (χ2v) is 4.16. The molecule has 0 bridgehead atoms. The van der Waals surface area contributed by atoms with Crippen LogP contribution in [0.15, 0.2) is 18.2 Å². The highest BCUT2D eigenvalue weighted by molar-refractivity contribution is 5.61. The van der Waals surface area contributed by atoms with Gasteiger partial charge in [-0.15, -0.1) is 0 Å². The molecule has 0 unspecified atom stereocenters. The Morgan fingerprint density at radius 1 is 1.53 bits per heavy atom. The molecular weight excluding hydrogens is 222 g/mol. The van der Waals surface area contributed by atoms with Crippen molar-refractivity contribution in [2.75, 3.05) is 12.0 Å². The van der Waals surface area contributed by atoms with E-state index in [9.17, 15) is 10.1 Å². The number of benzene rings is 1. The maximum atomic E-state index is 10.8. The standard InChI is InChI=1S/C11H17N3O3/c1-8(2)6-17-7-9-3-4-10(13-12)11(5-9)14(15)16/h3-5,8,13H,6-7,12H2,1-2H3. The zero-order chi connectivity index (χ0) is 12.8. The van der Waals surface area contributed by atoms with Gasteiger partial charge < -0.3 is 10.2 Å². The molecule has 0 amide bonds. The Balaban J connectivity index is 2.74. The summed E-state index contributed by atoms with van der Waals surface area (Å²) < 4.78 is 5.42. The lowest BCUT2D eigenvalue weighted by Gasteiger charge is -2.08. The van der Waals surface area contributed by atoms with Crippen molar-refractivity contribution < 1.29 is 9.66 Å². The normalized spacial score (nSPS) is 10.6. The number of hydrazine groups is 1. The molecule has 0 saturated carbocycles. The maximum Gasteiger partial charge on any atom is 0.294 e. The molecule has 0 aliphatic rings. The van der Waals surface area contributed by atoms with Crippen molar-refractivity contribution in [3.05, 3.63) is 33.9 Å². The Labute approximate surface area is 99.9 Å². The highest BCUT2D eigenvalue weighted by Gasteiger charge is 2.13. The Morgan fingerprint density at radius 2 is 2.24 bits per heavy atom. The molecule has 3 N–H and O–H groups in total. The molecule has 0 atom stereocenters. The molecule has 0 aliphatic carbocycles. The lowest BCUT2D eigenvalue weighted by Crippen LogP contribution is -2.09. The number of nitrogens with one attached hydrogen (secondary N) is 1. The van der Waals surface area contributed by atoms with Gasteiger partial charge in [0.05, 0.1) is 11.5 Å². The summed E-state index contributed by atoms with van der Waals surface area (Å²) >= 11 is 0. The van der Waals surface area contributed by atoms with E-state index in [0.29, 0.717) is 24.8 Å². The van der Waals surface area contributed by atoms with Gasteiger partial charge in [-0.2, -0.15) is 0 Å². The van der Waals surface area contributed by atoms with Gasteiger partial charge in [0.15, 0.2) is 0 Å². The maximum absolute atomic E-state index is 10.8. The predicted molar refractivity (Wildman–Crippen MR) is 65.4 cm³/mol. The largest absolute Gasteiger partial charge is 0.377 e. The number of nitrogens with two attached hydrogens (primary N) is 1. The van der Waals surface area contributed by atoms with Crippen LogP contribution in [0.25, 0.3) is 0 Å². The molecule has 0 saturated heterocycles. The summed E-state index contributed by atoms with van der Waals surface area (Å²) in [5, 5.41) is 10.8. The van der Waals surface area contributed by atoms with Gasteiger partial charge in [0.1, 0.15) is 5.69 Å². The van der Waals surface area contributed by atoms with Gasteiger partial charge in [-0.25, -0.2) is 0 Å². The first-order valence-electron chi connectivity index (χ1n) is 5.36. The first-order chi connectivity index (χ1) is 8.04. The predicted octanol–water partition coefficient (Wildman–Crippen LogP) is 2.05. The van der Waals surface area contributed by atoms with Crippen LogP contribution in [-0.2, 0) is 11.3 Å². The van der Waals surface area contributed by atoms with Crippen molar-refractivity contribution in [3.63, 3.8) is 0 Å². The smallest absolute Gasteiger partial charge is 0.294 e. The zero-order valence-electron chi connectivity index (χ0n) is 9.97. The number of nitrogens with zero attached hydrogens (tertiary/aromatic N) is 1. The van der Waals surface area contributed by atoms with Crippen molar-refractivity contribution in [1.82, 2.24) is 0 Å². The molecule has 17 heavy (non-hydrogen) atoms. The number of hydrogen-bond donors (Lipinski definition) is 2. The summed E-state index contributed by atoms with van der Waals surface area (Å²) in [6.45, 7) is 5.09. The lowest BCUT2D eigenvalue weighted by molar-refractivity contribution is -0.384. The number of anilines is 1. The number of nitrogen functional groups attached to an aromatic ring is 1. The van der Waals surface area contributed by atoms with Crippen molar-refractivity contribution in [1.29, 1.82) is 0 Å². The van der Waals surface area contributed by atoms with Crippen LogP contribution < -0.4 is 11.3 Å². The van der Waals surface area contributed by atoms with Gasteiger partial charge in [-0.1, -0.05) is 19.9 Å².